The highest BCUT2D eigenvalue weighted by Crippen LogP contribution is 2.16. The van der Waals surface area contributed by atoms with Crippen LogP contribution >= 0.6 is 22.6 Å². The fraction of sp³-hybridized carbons (Fsp3) is 0.357. The van der Waals surface area contributed by atoms with Gasteiger partial charge in [0.25, 0.3) is 5.56 Å². The fourth-order valence-electron chi connectivity index (χ4n) is 2.25. The number of hydrogen-bond donors (Lipinski definition) is 2. The molecule has 0 aliphatic rings. The lowest BCUT2D eigenvalue weighted by Gasteiger charge is -2.17. The molecular weight excluding hydrogens is 387 g/mol. The maximum atomic E-state index is 12.5. The molecule has 0 aliphatic heterocycles. The number of aliphatic carboxylic acids is 1. The van der Waals surface area contributed by atoms with Crippen molar-refractivity contribution in [2.75, 3.05) is 0 Å². The summed E-state index contributed by atoms with van der Waals surface area (Å²) in [5.74, 6) is -1.13. The van der Waals surface area contributed by atoms with E-state index in [-0.39, 0.29) is 12.3 Å². The minimum Gasteiger partial charge on any atom is -0.480 e. The summed E-state index contributed by atoms with van der Waals surface area (Å²) < 4.78 is 1.65. The van der Waals surface area contributed by atoms with Crippen molar-refractivity contribution >= 4 is 39.5 Å². The van der Waals surface area contributed by atoms with E-state index in [4.69, 9.17) is 0 Å². The number of rotatable bonds is 4. The average molecular weight is 402 g/mol. The molecule has 0 radical (unpaired) electrons. The van der Waals surface area contributed by atoms with Crippen LogP contribution in [0.2, 0.25) is 0 Å². The Hall–Kier alpha value is -1.64. The summed E-state index contributed by atoms with van der Waals surface area (Å²) in [5.41, 5.74) is -0.850. The molecule has 6 nitrogen and oxygen atoms in total. The number of benzene rings is 1. The first-order valence-electron chi connectivity index (χ1n) is 6.48. The van der Waals surface area contributed by atoms with E-state index in [1.807, 2.05) is 13.8 Å². The Morgan fingerprint density at radius 2 is 2.05 bits per heavy atom. The molecule has 21 heavy (non-hydrogen) atoms. The number of nitrogens with zero attached hydrogens (tertiary/aromatic N) is 1. The first-order valence-corrected chi connectivity index (χ1v) is 7.56. The number of halogens is 1. The summed E-state index contributed by atoms with van der Waals surface area (Å²) >= 11 is 2.06. The van der Waals surface area contributed by atoms with E-state index in [0.29, 0.717) is 10.9 Å². The van der Waals surface area contributed by atoms with Gasteiger partial charge in [-0.1, -0.05) is 13.8 Å². The summed E-state index contributed by atoms with van der Waals surface area (Å²) in [6.07, 6.45) is 0.216. The highest BCUT2D eigenvalue weighted by atomic mass is 127. The van der Waals surface area contributed by atoms with Gasteiger partial charge in [0.05, 0.1) is 10.9 Å². The van der Waals surface area contributed by atoms with Crippen molar-refractivity contribution in [1.82, 2.24) is 9.55 Å². The molecule has 0 saturated heterocycles. The SMILES string of the molecule is CC(C)CC(C(=O)O)n1c(=O)[nH]c2ccc(I)cc2c1=O. The van der Waals surface area contributed by atoms with E-state index >= 15 is 0 Å². The summed E-state index contributed by atoms with van der Waals surface area (Å²) in [4.78, 5) is 38.6. The molecular formula is C14H15IN2O4. The van der Waals surface area contributed by atoms with Crippen molar-refractivity contribution in [2.45, 2.75) is 26.3 Å². The average Bonchev–Trinajstić information content (AvgIpc) is 2.38. The van der Waals surface area contributed by atoms with Gasteiger partial charge >= 0.3 is 11.7 Å². The van der Waals surface area contributed by atoms with Crippen LogP contribution in [0.4, 0.5) is 0 Å². The number of H-pyrrole nitrogens is 1. The van der Waals surface area contributed by atoms with Crippen LogP contribution in [0.15, 0.2) is 27.8 Å². The normalized spacial score (nSPS) is 12.8. The molecule has 1 aromatic carbocycles. The molecule has 0 fully saturated rings. The number of aromatic nitrogens is 2. The molecule has 112 valence electrons. The predicted octanol–water partition coefficient (Wildman–Crippen LogP) is 1.97. The van der Waals surface area contributed by atoms with Crippen LogP contribution in [0, 0.1) is 9.49 Å². The zero-order valence-electron chi connectivity index (χ0n) is 11.6. The standard InChI is InChI=1S/C14H15IN2O4/c1-7(2)5-11(13(19)20)17-12(18)9-6-8(15)3-4-10(9)16-14(17)21/h3-4,6-7,11H,5H2,1-2H3,(H,16,21)(H,19,20). The summed E-state index contributed by atoms with van der Waals surface area (Å²) in [5, 5.41) is 9.65. The summed E-state index contributed by atoms with van der Waals surface area (Å²) in [7, 11) is 0. The minimum atomic E-state index is -1.18. The molecule has 0 spiro atoms. The molecule has 1 heterocycles. The second kappa shape index (κ2) is 6.00. The van der Waals surface area contributed by atoms with Gasteiger partial charge in [0.1, 0.15) is 6.04 Å². The number of carbonyl (C=O) groups is 1. The summed E-state index contributed by atoms with van der Waals surface area (Å²) in [6, 6.07) is 3.89. The third-order valence-electron chi connectivity index (χ3n) is 3.18. The second-order valence-electron chi connectivity index (χ2n) is 5.28. The Morgan fingerprint density at radius 3 is 2.62 bits per heavy atom. The first kappa shape index (κ1) is 15.7. The van der Waals surface area contributed by atoms with Crippen molar-refractivity contribution in [3.8, 4) is 0 Å². The molecule has 1 unspecified atom stereocenters. The minimum absolute atomic E-state index is 0.0454. The number of aromatic amines is 1. The molecule has 1 atom stereocenters. The van der Waals surface area contributed by atoms with Crippen molar-refractivity contribution in [3.63, 3.8) is 0 Å². The predicted molar refractivity (Wildman–Crippen MR) is 87.7 cm³/mol. The van der Waals surface area contributed by atoms with Crippen LogP contribution in [-0.4, -0.2) is 20.6 Å². The molecule has 0 aliphatic carbocycles. The highest BCUT2D eigenvalue weighted by Gasteiger charge is 2.25. The molecule has 1 aromatic heterocycles. The van der Waals surface area contributed by atoms with E-state index < -0.39 is 23.3 Å². The van der Waals surface area contributed by atoms with E-state index in [2.05, 4.69) is 27.6 Å². The van der Waals surface area contributed by atoms with Gasteiger partial charge in [-0.25, -0.2) is 14.2 Å². The molecule has 2 N–H and O–H groups in total. The second-order valence-corrected chi connectivity index (χ2v) is 6.52. The van der Waals surface area contributed by atoms with Gasteiger partial charge in [0, 0.05) is 3.57 Å². The van der Waals surface area contributed by atoms with Gasteiger partial charge < -0.3 is 10.1 Å². The largest absolute Gasteiger partial charge is 0.480 e. The molecule has 0 bridgehead atoms. The molecule has 2 aromatic rings. The summed E-state index contributed by atoms with van der Waals surface area (Å²) in [6.45, 7) is 3.69. The van der Waals surface area contributed by atoms with Crippen molar-refractivity contribution < 1.29 is 9.90 Å². The van der Waals surface area contributed by atoms with E-state index in [9.17, 15) is 19.5 Å². The van der Waals surface area contributed by atoms with Crippen molar-refractivity contribution in [2.24, 2.45) is 5.92 Å². The number of hydrogen-bond acceptors (Lipinski definition) is 3. The quantitative estimate of drug-likeness (QED) is 0.765. The number of fused-ring (bicyclic) bond motifs is 1. The van der Waals surface area contributed by atoms with E-state index in [0.717, 1.165) is 8.14 Å². The Labute approximate surface area is 133 Å². The fourth-order valence-corrected chi connectivity index (χ4v) is 2.74. The third-order valence-corrected chi connectivity index (χ3v) is 3.85. The third kappa shape index (κ3) is 3.17. The van der Waals surface area contributed by atoms with Gasteiger partial charge in [-0.05, 0) is 53.1 Å². The van der Waals surface area contributed by atoms with E-state index in [1.165, 1.54) is 0 Å². The maximum absolute atomic E-state index is 12.5. The Balaban J connectivity index is 2.76. The van der Waals surface area contributed by atoms with Gasteiger partial charge in [-0.15, -0.1) is 0 Å². The van der Waals surface area contributed by atoms with Crippen LogP contribution in [0.1, 0.15) is 26.3 Å². The zero-order valence-corrected chi connectivity index (χ0v) is 13.7. The monoisotopic (exact) mass is 402 g/mol. The topological polar surface area (TPSA) is 92.2 Å². The van der Waals surface area contributed by atoms with Gasteiger partial charge in [-0.2, -0.15) is 0 Å². The Bertz CT molecular complexity index is 807. The number of carboxylic acid groups (broad SMARTS) is 1. The van der Waals surface area contributed by atoms with Crippen LogP contribution in [0.3, 0.4) is 0 Å². The Kier molecular flexibility index (Phi) is 4.50. The molecule has 0 saturated carbocycles. The molecule has 0 amide bonds. The first-order chi connectivity index (χ1) is 9.81. The lowest BCUT2D eigenvalue weighted by atomic mass is 10.0. The van der Waals surface area contributed by atoms with Crippen LogP contribution < -0.4 is 11.2 Å². The highest BCUT2D eigenvalue weighted by molar-refractivity contribution is 14.1. The molecule has 2 rings (SSSR count). The number of nitrogens with one attached hydrogen (secondary N) is 1. The number of carboxylic acids is 1. The van der Waals surface area contributed by atoms with Crippen molar-refractivity contribution in [3.05, 3.63) is 42.6 Å². The lowest BCUT2D eigenvalue weighted by Crippen LogP contribution is -2.41. The van der Waals surface area contributed by atoms with Gasteiger partial charge in [0.2, 0.25) is 0 Å². The van der Waals surface area contributed by atoms with Crippen LogP contribution in [0.25, 0.3) is 10.9 Å². The van der Waals surface area contributed by atoms with Crippen LogP contribution in [-0.2, 0) is 4.79 Å². The molecule has 7 heteroatoms. The zero-order chi connectivity index (χ0) is 15.7. The van der Waals surface area contributed by atoms with Gasteiger partial charge in [0.15, 0.2) is 0 Å². The van der Waals surface area contributed by atoms with Crippen LogP contribution in [0.5, 0.6) is 0 Å². The smallest absolute Gasteiger partial charge is 0.329 e. The Morgan fingerprint density at radius 1 is 1.38 bits per heavy atom. The van der Waals surface area contributed by atoms with E-state index in [1.54, 1.807) is 18.2 Å². The van der Waals surface area contributed by atoms with Crippen molar-refractivity contribution in [1.29, 1.82) is 0 Å². The lowest BCUT2D eigenvalue weighted by molar-refractivity contribution is -0.141. The maximum Gasteiger partial charge on any atom is 0.329 e. The van der Waals surface area contributed by atoms with Gasteiger partial charge in [-0.3, -0.25) is 4.79 Å².